The van der Waals surface area contributed by atoms with Crippen molar-refractivity contribution in [3.8, 4) is 0 Å². The number of piperazine rings is 1. The first-order valence-corrected chi connectivity index (χ1v) is 8.66. The number of hydrogen-bond donors (Lipinski definition) is 1. The van der Waals surface area contributed by atoms with Crippen molar-refractivity contribution >= 4 is 17.7 Å². The van der Waals surface area contributed by atoms with Gasteiger partial charge >= 0.3 is 0 Å². The summed E-state index contributed by atoms with van der Waals surface area (Å²) in [5, 5.41) is 7.07. The van der Waals surface area contributed by atoms with E-state index >= 15 is 0 Å². The van der Waals surface area contributed by atoms with E-state index in [9.17, 15) is 4.79 Å². The molecule has 23 heavy (non-hydrogen) atoms. The van der Waals surface area contributed by atoms with Crippen LogP contribution in [0.3, 0.4) is 0 Å². The SMILES string of the molecule is Cc1noc(CSc2ccc(C(=O)N3CCNC[C@@H]3C)cc2)n1. The molecule has 1 saturated heterocycles. The van der Waals surface area contributed by atoms with Gasteiger partial charge in [0.25, 0.3) is 5.91 Å². The standard InChI is InChI=1S/C16H20N4O2S/c1-11-9-17-7-8-20(11)16(21)13-3-5-14(6-4-13)23-10-15-18-12(2)19-22-15/h3-6,11,17H,7-10H2,1-2H3/t11-/m0/s1. The summed E-state index contributed by atoms with van der Waals surface area (Å²) < 4.78 is 5.09. The van der Waals surface area contributed by atoms with E-state index in [4.69, 9.17) is 4.52 Å². The lowest BCUT2D eigenvalue weighted by atomic mass is 10.1. The number of thioether (sulfide) groups is 1. The van der Waals surface area contributed by atoms with Crippen molar-refractivity contribution in [1.29, 1.82) is 0 Å². The summed E-state index contributed by atoms with van der Waals surface area (Å²) in [6.45, 7) is 6.33. The van der Waals surface area contributed by atoms with Crippen LogP contribution in [-0.4, -0.2) is 46.6 Å². The molecular formula is C16H20N4O2S. The molecule has 7 heteroatoms. The smallest absolute Gasteiger partial charge is 0.254 e. The van der Waals surface area contributed by atoms with Gasteiger partial charge in [0.1, 0.15) is 0 Å². The molecule has 1 aliphatic rings. The minimum absolute atomic E-state index is 0.100. The Bertz CT molecular complexity index is 671. The number of amides is 1. The molecule has 1 aromatic carbocycles. The van der Waals surface area contributed by atoms with Gasteiger partial charge in [0.2, 0.25) is 5.89 Å². The quantitative estimate of drug-likeness (QED) is 0.865. The molecule has 122 valence electrons. The zero-order chi connectivity index (χ0) is 16.2. The molecule has 1 amide bonds. The maximum Gasteiger partial charge on any atom is 0.254 e. The van der Waals surface area contributed by atoms with Crippen molar-refractivity contribution < 1.29 is 9.32 Å². The molecule has 2 heterocycles. The van der Waals surface area contributed by atoms with Crippen LogP contribution in [0.25, 0.3) is 0 Å². The monoisotopic (exact) mass is 332 g/mol. The molecule has 1 aliphatic heterocycles. The molecule has 1 N–H and O–H groups in total. The highest BCUT2D eigenvalue weighted by Gasteiger charge is 2.23. The minimum atomic E-state index is 0.100. The summed E-state index contributed by atoms with van der Waals surface area (Å²) >= 11 is 1.61. The van der Waals surface area contributed by atoms with E-state index in [1.165, 1.54) is 0 Å². The van der Waals surface area contributed by atoms with E-state index < -0.39 is 0 Å². The second-order valence-corrected chi connectivity index (χ2v) is 6.65. The summed E-state index contributed by atoms with van der Waals surface area (Å²) in [6, 6.07) is 7.94. The Morgan fingerprint density at radius 2 is 2.22 bits per heavy atom. The zero-order valence-electron chi connectivity index (χ0n) is 13.3. The zero-order valence-corrected chi connectivity index (χ0v) is 14.1. The fourth-order valence-corrected chi connectivity index (χ4v) is 3.28. The maximum atomic E-state index is 12.6. The van der Waals surface area contributed by atoms with E-state index in [1.807, 2.05) is 29.2 Å². The highest BCUT2D eigenvalue weighted by Crippen LogP contribution is 2.23. The Hall–Kier alpha value is -1.86. The molecule has 1 fully saturated rings. The Morgan fingerprint density at radius 3 is 2.87 bits per heavy atom. The third kappa shape index (κ3) is 3.92. The van der Waals surface area contributed by atoms with Crippen LogP contribution in [0.15, 0.2) is 33.7 Å². The van der Waals surface area contributed by atoms with Gasteiger partial charge < -0.3 is 14.7 Å². The van der Waals surface area contributed by atoms with Crippen molar-refractivity contribution in [2.45, 2.75) is 30.5 Å². The fourth-order valence-electron chi connectivity index (χ4n) is 2.55. The van der Waals surface area contributed by atoms with Crippen LogP contribution in [0.4, 0.5) is 0 Å². The van der Waals surface area contributed by atoms with Crippen molar-refractivity contribution in [2.75, 3.05) is 19.6 Å². The predicted octanol–water partition coefficient (Wildman–Crippen LogP) is 2.10. The summed E-state index contributed by atoms with van der Waals surface area (Å²) in [6.07, 6.45) is 0. The number of rotatable bonds is 4. The number of carbonyl (C=O) groups excluding carboxylic acids is 1. The Morgan fingerprint density at radius 1 is 1.43 bits per heavy atom. The number of aryl methyl sites for hydroxylation is 1. The van der Waals surface area contributed by atoms with Crippen LogP contribution < -0.4 is 5.32 Å². The van der Waals surface area contributed by atoms with Crippen LogP contribution in [0.2, 0.25) is 0 Å². The lowest BCUT2D eigenvalue weighted by molar-refractivity contribution is 0.0655. The number of hydrogen-bond acceptors (Lipinski definition) is 6. The molecule has 1 aromatic heterocycles. The van der Waals surface area contributed by atoms with Crippen LogP contribution in [0.1, 0.15) is 29.0 Å². The summed E-state index contributed by atoms with van der Waals surface area (Å²) in [5.41, 5.74) is 0.733. The number of nitrogens with one attached hydrogen (secondary N) is 1. The van der Waals surface area contributed by atoms with E-state index in [2.05, 4.69) is 22.4 Å². The van der Waals surface area contributed by atoms with Crippen LogP contribution >= 0.6 is 11.8 Å². The van der Waals surface area contributed by atoms with Crippen molar-refractivity contribution in [3.05, 3.63) is 41.5 Å². The fraction of sp³-hybridized carbons (Fsp3) is 0.438. The number of benzene rings is 1. The molecule has 0 aliphatic carbocycles. The number of carbonyl (C=O) groups is 1. The molecule has 6 nitrogen and oxygen atoms in total. The first-order valence-electron chi connectivity index (χ1n) is 7.67. The van der Waals surface area contributed by atoms with Gasteiger partial charge in [-0.15, -0.1) is 11.8 Å². The molecule has 1 atom stereocenters. The van der Waals surface area contributed by atoms with Crippen LogP contribution in [-0.2, 0) is 5.75 Å². The van der Waals surface area contributed by atoms with Crippen LogP contribution in [0, 0.1) is 6.92 Å². The average molecular weight is 332 g/mol. The molecule has 0 unspecified atom stereocenters. The van der Waals surface area contributed by atoms with Gasteiger partial charge in [-0.25, -0.2) is 0 Å². The number of nitrogens with zero attached hydrogens (tertiary/aromatic N) is 3. The molecule has 0 bridgehead atoms. The normalized spacial score (nSPS) is 18.2. The molecule has 0 radical (unpaired) electrons. The van der Waals surface area contributed by atoms with E-state index in [0.29, 0.717) is 17.5 Å². The maximum absolute atomic E-state index is 12.6. The van der Waals surface area contributed by atoms with Crippen molar-refractivity contribution in [3.63, 3.8) is 0 Å². The van der Waals surface area contributed by atoms with Crippen LogP contribution in [0.5, 0.6) is 0 Å². The summed E-state index contributed by atoms with van der Waals surface area (Å²) in [5.74, 6) is 1.99. The van der Waals surface area contributed by atoms with Crippen molar-refractivity contribution in [1.82, 2.24) is 20.4 Å². The second-order valence-electron chi connectivity index (χ2n) is 5.60. The first-order chi connectivity index (χ1) is 11.1. The Labute approximate surface area is 139 Å². The lowest BCUT2D eigenvalue weighted by Gasteiger charge is -2.34. The average Bonchev–Trinajstić information content (AvgIpc) is 2.99. The van der Waals surface area contributed by atoms with Gasteiger partial charge in [-0.3, -0.25) is 4.79 Å². The van der Waals surface area contributed by atoms with Gasteiger partial charge in [0.05, 0.1) is 5.75 Å². The van der Waals surface area contributed by atoms with Gasteiger partial charge in [-0.2, -0.15) is 4.98 Å². The predicted molar refractivity (Wildman–Crippen MR) is 88.4 cm³/mol. The Kier molecular flexibility index (Phi) is 4.97. The highest BCUT2D eigenvalue weighted by molar-refractivity contribution is 7.98. The van der Waals surface area contributed by atoms with E-state index in [1.54, 1.807) is 18.7 Å². The highest BCUT2D eigenvalue weighted by atomic mass is 32.2. The third-order valence-electron chi connectivity index (χ3n) is 3.80. The van der Waals surface area contributed by atoms with Gasteiger partial charge in [0, 0.05) is 36.1 Å². The summed E-state index contributed by atoms with van der Waals surface area (Å²) in [7, 11) is 0. The second kappa shape index (κ2) is 7.14. The molecule has 2 aromatic rings. The van der Waals surface area contributed by atoms with E-state index in [0.717, 1.165) is 30.1 Å². The Balaban J connectivity index is 1.61. The van der Waals surface area contributed by atoms with E-state index in [-0.39, 0.29) is 11.9 Å². The largest absolute Gasteiger partial charge is 0.338 e. The van der Waals surface area contributed by atoms with Crippen molar-refractivity contribution in [2.24, 2.45) is 0 Å². The molecule has 0 saturated carbocycles. The number of aromatic nitrogens is 2. The third-order valence-corrected chi connectivity index (χ3v) is 4.79. The topological polar surface area (TPSA) is 71.3 Å². The summed E-state index contributed by atoms with van der Waals surface area (Å²) in [4.78, 5) is 19.7. The molecular weight excluding hydrogens is 312 g/mol. The minimum Gasteiger partial charge on any atom is -0.338 e. The lowest BCUT2D eigenvalue weighted by Crippen LogP contribution is -2.52. The van der Waals surface area contributed by atoms with Gasteiger partial charge in [-0.05, 0) is 38.1 Å². The first kappa shape index (κ1) is 16.0. The molecule has 0 spiro atoms. The molecule has 3 rings (SSSR count). The van der Waals surface area contributed by atoms with Gasteiger partial charge in [-0.1, -0.05) is 5.16 Å². The van der Waals surface area contributed by atoms with Gasteiger partial charge in [0.15, 0.2) is 5.82 Å².